The van der Waals surface area contributed by atoms with E-state index in [0.29, 0.717) is 60.8 Å². The maximum atomic E-state index is 13.5. The summed E-state index contributed by atoms with van der Waals surface area (Å²) in [5.41, 5.74) is 1.35. The number of hydrogen-bond acceptors (Lipinski definition) is 6. The van der Waals surface area contributed by atoms with Gasteiger partial charge in [0.1, 0.15) is 5.58 Å². The van der Waals surface area contributed by atoms with Crippen molar-refractivity contribution in [1.82, 2.24) is 4.90 Å². The van der Waals surface area contributed by atoms with Crippen LogP contribution in [-0.4, -0.2) is 44.3 Å². The van der Waals surface area contributed by atoms with Gasteiger partial charge in [0, 0.05) is 20.3 Å². The predicted octanol–water partition coefficient (Wildman–Crippen LogP) is 4.56. The summed E-state index contributed by atoms with van der Waals surface area (Å²) >= 11 is 0. The molecule has 4 rings (SSSR count). The molecule has 2 heterocycles. The Morgan fingerprint density at radius 1 is 1.00 bits per heavy atom. The number of nitrogens with zero attached hydrogens (tertiary/aromatic N) is 1. The number of para-hydroxylation sites is 1. The second-order valence-electron chi connectivity index (χ2n) is 7.91. The van der Waals surface area contributed by atoms with Crippen LogP contribution in [0, 0.1) is 0 Å². The van der Waals surface area contributed by atoms with Gasteiger partial charge in [0.25, 0.3) is 5.91 Å². The van der Waals surface area contributed by atoms with Gasteiger partial charge in [-0.2, -0.15) is 0 Å². The molecule has 0 N–H and O–H groups in total. The summed E-state index contributed by atoms with van der Waals surface area (Å²) in [7, 11) is 1.62. The van der Waals surface area contributed by atoms with Crippen LogP contribution in [0.2, 0.25) is 0 Å². The standard InChI is InChI=1S/C26H29NO6/c1-4-14-32-20-12-11-17(16-21(20)31-5-2)23-22-24(28)18-9-6-7-10-19(18)33-25(22)26(29)27(23)13-8-15-30-3/h6-7,9-12,16,23H,4-5,8,13-15H2,1-3H3. The molecule has 7 heteroatoms. The zero-order valence-electron chi connectivity index (χ0n) is 19.3. The molecule has 7 nitrogen and oxygen atoms in total. The van der Waals surface area contributed by atoms with Gasteiger partial charge in [-0.05, 0) is 49.6 Å². The van der Waals surface area contributed by atoms with E-state index in [-0.39, 0.29) is 17.1 Å². The minimum Gasteiger partial charge on any atom is -0.490 e. The van der Waals surface area contributed by atoms with Crippen LogP contribution in [-0.2, 0) is 4.74 Å². The Bertz CT molecular complexity index is 1200. The Morgan fingerprint density at radius 2 is 1.82 bits per heavy atom. The molecule has 1 unspecified atom stereocenters. The Balaban J connectivity index is 1.86. The highest BCUT2D eigenvalue weighted by molar-refractivity contribution is 5.99. The van der Waals surface area contributed by atoms with E-state index in [1.54, 1.807) is 36.3 Å². The average Bonchev–Trinajstić information content (AvgIpc) is 3.10. The van der Waals surface area contributed by atoms with E-state index in [4.69, 9.17) is 18.6 Å². The number of carbonyl (C=O) groups is 1. The largest absolute Gasteiger partial charge is 0.490 e. The van der Waals surface area contributed by atoms with E-state index >= 15 is 0 Å². The van der Waals surface area contributed by atoms with Gasteiger partial charge in [0.2, 0.25) is 5.76 Å². The molecule has 1 amide bonds. The first-order valence-electron chi connectivity index (χ1n) is 11.4. The van der Waals surface area contributed by atoms with E-state index in [0.717, 1.165) is 12.0 Å². The molecule has 1 atom stereocenters. The van der Waals surface area contributed by atoms with Gasteiger partial charge >= 0.3 is 0 Å². The van der Waals surface area contributed by atoms with Crippen LogP contribution in [0.15, 0.2) is 51.7 Å². The summed E-state index contributed by atoms with van der Waals surface area (Å²) in [4.78, 5) is 28.6. The molecule has 1 aliphatic rings. The average molecular weight is 452 g/mol. The summed E-state index contributed by atoms with van der Waals surface area (Å²) in [5, 5.41) is 0.459. The molecule has 1 aliphatic heterocycles. The zero-order chi connectivity index (χ0) is 23.4. The third kappa shape index (κ3) is 4.33. The molecule has 0 aliphatic carbocycles. The summed E-state index contributed by atoms with van der Waals surface area (Å²) in [6.45, 7) is 5.92. The topological polar surface area (TPSA) is 78.2 Å². The van der Waals surface area contributed by atoms with Crippen molar-refractivity contribution < 1.29 is 23.4 Å². The highest BCUT2D eigenvalue weighted by Gasteiger charge is 2.42. The smallest absolute Gasteiger partial charge is 0.290 e. The van der Waals surface area contributed by atoms with E-state index in [9.17, 15) is 9.59 Å². The molecule has 0 saturated carbocycles. The van der Waals surface area contributed by atoms with Gasteiger partial charge in [-0.15, -0.1) is 0 Å². The number of hydrogen-bond donors (Lipinski definition) is 0. The molecule has 0 radical (unpaired) electrons. The van der Waals surface area contributed by atoms with Crippen molar-refractivity contribution in [3.8, 4) is 11.5 Å². The van der Waals surface area contributed by atoms with Crippen LogP contribution >= 0.6 is 0 Å². The van der Waals surface area contributed by atoms with Crippen LogP contribution in [0.25, 0.3) is 11.0 Å². The van der Waals surface area contributed by atoms with Crippen molar-refractivity contribution in [3.63, 3.8) is 0 Å². The molecule has 0 bridgehead atoms. The van der Waals surface area contributed by atoms with Gasteiger partial charge in [-0.3, -0.25) is 9.59 Å². The SMILES string of the molecule is CCCOc1ccc(C2c3c(oc4ccccc4c3=O)C(=O)N2CCCOC)cc1OCC. The third-order valence-corrected chi connectivity index (χ3v) is 5.67. The molecule has 1 aromatic heterocycles. The summed E-state index contributed by atoms with van der Waals surface area (Å²) in [5.74, 6) is 1.04. The van der Waals surface area contributed by atoms with Gasteiger partial charge in [0.15, 0.2) is 16.9 Å². The molecular formula is C26H29NO6. The first kappa shape index (κ1) is 22.9. The lowest BCUT2D eigenvalue weighted by Crippen LogP contribution is -2.31. The normalized spacial score (nSPS) is 15.2. The van der Waals surface area contributed by atoms with Gasteiger partial charge < -0.3 is 23.5 Å². The fraction of sp³-hybridized carbons (Fsp3) is 0.385. The third-order valence-electron chi connectivity index (χ3n) is 5.67. The molecule has 174 valence electrons. The Labute approximate surface area is 192 Å². The van der Waals surface area contributed by atoms with Crippen LogP contribution in [0.1, 0.15) is 54.4 Å². The first-order valence-corrected chi connectivity index (χ1v) is 11.4. The second-order valence-corrected chi connectivity index (χ2v) is 7.91. The van der Waals surface area contributed by atoms with Crippen molar-refractivity contribution in [1.29, 1.82) is 0 Å². The van der Waals surface area contributed by atoms with Crippen molar-refractivity contribution in [3.05, 3.63) is 69.6 Å². The van der Waals surface area contributed by atoms with Crippen LogP contribution < -0.4 is 14.9 Å². The fourth-order valence-corrected chi connectivity index (χ4v) is 4.22. The maximum Gasteiger partial charge on any atom is 0.290 e. The number of methoxy groups -OCH3 is 1. The zero-order valence-corrected chi connectivity index (χ0v) is 19.3. The number of amides is 1. The van der Waals surface area contributed by atoms with Crippen molar-refractivity contribution in [2.24, 2.45) is 0 Å². The molecule has 33 heavy (non-hydrogen) atoms. The number of benzene rings is 2. The lowest BCUT2D eigenvalue weighted by molar-refractivity contribution is 0.0707. The quantitative estimate of drug-likeness (QED) is 0.421. The second kappa shape index (κ2) is 10.1. The van der Waals surface area contributed by atoms with E-state index in [1.165, 1.54) is 0 Å². The van der Waals surface area contributed by atoms with E-state index < -0.39 is 6.04 Å². The minimum absolute atomic E-state index is 0.102. The first-order chi connectivity index (χ1) is 16.1. The van der Waals surface area contributed by atoms with Gasteiger partial charge in [-0.1, -0.05) is 25.1 Å². The van der Waals surface area contributed by atoms with Crippen molar-refractivity contribution >= 4 is 16.9 Å². The molecule has 2 aromatic carbocycles. The van der Waals surface area contributed by atoms with E-state index in [2.05, 4.69) is 0 Å². The lowest BCUT2D eigenvalue weighted by atomic mass is 9.98. The summed E-state index contributed by atoms with van der Waals surface area (Å²) in [6, 6.07) is 12.0. The Morgan fingerprint density at radius 3 is 2.58 bits per heavy atom. The minimum atomic E-state index is -0.579. The summed E-state index contributed by atoms with van der Waals surface area (Å²) < 4.78 is 22.8. The maximum absolute atomic E-state index is 13.5. The predicted molar refractivity (Wildman–Crippen MR) is 125 cm³/mol. The van der Waals surface area contributed by atoms with Crippen molar-refractivity contribution in [2.45, 2.75) is 32.7 Å². The summed E-state index contributed by atoms with van der Waals surface area (Å²) in [6.07, 6.45) is 1.51. The molecule has 3 aromatic rings. The molecule has 0 fully saturated rings. The van der Waals surface area contributed by atoms with Crippen molar-refractivity contribution in [2.75, 3.05) is 33.5 Å². The number of carbonyl (C=O) groups excluding carboxylic acids is 1. The Hall–Kier alpha value is -3.32. The number of rotatable bonds is 10. The molecule has 0 saturated heterocycles. The monoisotopic (exact) mass is 451 g/mol. The fourth-order valence-electron chi connectivity index (χ4n) is 4.22. The number of ether oxygens (including phenoxy) is 3. The van der Waals surface area contributed by atoms with Gasteiger partial charge in [0.05, 0.1) is 30.2 Å². The Kier molecular flexibility index (Phi) is 6.99. The van der Waals surface area contributed by atoms with Crippen LogP contribution in [0.5, 0.6) is 11.5 Å². The molecular weight excluding hydrogens is 422 g/mol. The lowest BCUT2D eigenvalue weighted by Gasteiger charge is -2.26. The molecule has 0 spiro atoms. The van der Waals surface area contributed by atoms with Crippen LogP contribution in [0.3, 0.4) is 0 Å². The van der Waals surface area contributed by atoms with Crippen LogP contribution in [0.4, 0.5) is 0 Å². The highest BCUT2D eigenvalue weighted by Crippen LogP contribution is 2.41. The number of fused-ring (bicyclic) bond motifs is 2. The van der Waals surface area contributed by atoms with Gasteiger partial charge in [-0.25, -0.2) is 0 Å². The van der Waals surface area contributed by atoms with E-state index in [1.807, 2.05) is 32.0 Å². The highest BCUT2D eigenvalue weighted by atomic mass is 16.5.